The van der Waals surface area contributed by atoms with Crippen LogP contribution in [0.1, 0.15) is 47.6 Å². The normalized spacial score (nSPS) is 11.7. The Morgan fingerprint density at radius 2 is 1.61 bits per heavy atom. The van der Waals surface area contributed by atoms with E-state index in [1.165, 1.54) is 23.1 Å². The van der Waals surface area contributed by atoms with Crippen LogP contribution in [0.15, 0.2) is 78.9 Å². The van der Waals surface area contributed by atoms with Gasteiger partial charge in [-0.05, 0) is 47.7 Å². The number of carbonyl (C=O) groups excluding carboxylic acids is 2. The second-order valence-corrected chi connectivity index (χ2v) is 8.86. The van der Waals surface area contributed by atoms with Crippen LogP contribution in [0, 0.1) is 0 Å². The molecule has 0 fully saturated rings. The number of ether oxygens (including phenoxy) is 2. The van der Waals surface area contributed by atoms with Crippen LogP contribution in [0.4, 0.5) is 8.78 Å². The van der Waals surface area contributed by atoms with Crippen molar-refractivity contribution in [1.29, 1.82) is 0 Å². The molecule has 0 aliphatic heterocycles. The lowest BCUT2D eigenvalue weighted by Crippen LogP contribution is -2.44. The van der Waals surface area contributed by atoms with Crippen LogP contribution in [0.3, 0.4) is 0 Å². The number of nitrogens with one attached hydrogen (secondary N) is 1. The highest BCUT2D eigenvalue weighted by atomic mass is 19.3. The average Bonchev–Trinajstić information content (AvgIpc) is 2.95. The Hall–Kier alpha value is -3.78. The third-order valence-electron chi connectivity index (χ3n) is 6.20. The molecule has 3 rings (SSSR count). The highest BCUT2D eigenvalue weighted by Gasteiger charge is 2.31. The van der Waals surface area contributed by atoms with E-state index < -0.39 is 18.4 Å². The molecule has 1 N–H and O–H groups in total. The van der Waals surface area contributed by atoms with Crippen LogP contribution < -0.4 is 10.1 Å². The van der Waals surface area contributed by atoms with Gasteiger partial charge in [0, 0.05) is 38.8 Å². The topological polar surface area (TPSA) is 67.9 Å². The summed E-state index contributed by atoms with van der Waals surface area (Å²) in [6, 6.07) is 21.4. The van der Waals surface area contributed by atoms with Crippen molar-refractivity contribution in [2.24, 2.45) is 0 Å². The van der Waals surface area contributed by atoms with Crippen LogP contribution >= 0.6 is 0 Å². The van der Waals surface area contributed by atoms with Crippen molar-refractivity contribution >= 4 is 11.8 Å². The number of methoxy groups -OCH3 is 2. The van der Waals surface area contributed by atoms with E-state index in [-0.39, 0.29) is 31.0 Å². The van der Waals surface area contributed by atoms with E-state index in [1.807, 2.05) is 54.6 Å². The van der Waals surface area contributed by atoms with Crippen molar-refractivity contribution in [2.45, 2.75) is 38.3 Å². The molecule has 6 nitrogen and oxygen atoms in total. The summed E-state index contributed by atoms with van der Waals surface area (Å²) in [5.74, 6) is 0.0325. The standard InChI is InChI=1S/C30H34F2N2O4/c1-37-19-7-18-34(27(35)17-14-22-12-15-26(38-2)16-13-22)28(24-10-6-11-25(20-24)29(31)32)30(36)33-21-23-8-4-3-5-9-23/h3-6,8-13,15-16,20,28-29H,7,14,17-19,21H2,1-2H3,(H,33,36). The molecule has 0 aromatic heterocycles. The predicted molar refractivity (Wildman–Crippen MR) is 142 cm³/mol. The maximum atomic E-state index is 13.6. The molecule has 1 atom stereocenters. The fourth-order valence-electron chi connectivity index (χ4n) is 4.18. The van der Waals surface area contributed by atoms with Crippen molar-refractivity contribution in [3.8, 4) is 5.75 Å². The van der Waals surface area contributed by atoms with Gasteiger partial charge in [-0.25, -0.2) is 8.78 Å². The fourth-order valence-corrected chi connectivity index (χ4v) is 4.18. The van der Waals surface area contributed by atoms with Gasteiger partial charge in [-0.2, -0.15) is 0 Å². The van der Waals surface area contributed by atoms with Gasteiger partial charge in [0.25, 0.3) is 6.43 Å². The highest BCUT2D eigenvalue weighted by Crippen LogP contribution is 2.28. The summed E-state index contributed by atoms with van der Waals surface area (Å²) in [6.07, 6.45) is -1.60. The molecule has 0 heterocycles. The number of hydrogen-bond donors (Lipinski definition) is 1. The third-order valence-corrected chi connectivity index (χ3v) is 6.20. The molecule has 38 heavy (non-hydrogen) atoms. The zero-order chi connectivity index (χ0) is 27.3. The van der Waals surface area contributed by atoms with E-state index in [2.05, 4.69) is 5.32 Å². The Balaban J connectivity index is 1.88. The third kappa shape index (κ3) is 8.38. The number of amides is 2. The molecule has 0 aliphatic rings. The Morgan fingerprint density at radius 3 is 2.26 bits per heavy atom. The lowest BCUT2D eigenvalue weighted by molar-refractivity contribution is -0.141. The Kier molecular flexibility index (Phi) is 11.2. The first-order valence-corrected chi connectivity index (χ1v) is 12.5. The summed E-state index contributed by atoms with van der Waals surface area (Å²) >= 11 is 0. The Bertz CT molecular complexity index is 1160. The fraction of sp³-hybridized carbons (Fsp3) is 0.333. The van der Waals surface area contributed by atoms with Crippen molar-refractivity contribution in [3.05, 3.63) is 101 Å². The monoisotopic (exact) mass is 524 g/mol. The van der Waals surface area contributed by atoms with Crippen molar-refractivity contribution in [1.82, 2.24) is 10.2 Å². The smallest absolute Gasteiger partial charge is 0.263 e. The molecule has 0 spiro atoms. The van der Waals surface area contributed by atoms with Crippen molar-refractivity contribution in [2.75, 3.05) is 27.4 Å². The van der Waals surface area contributed by atoms with Gasteiger partial charge in [-0.15, -0.1) is 0 Å². The molecule has 0 saturated heterocycles. The molecule has 0 radical (unpaired) electrons. The molecule has 8 heteroatoms. The van der Waals surface area contributed by atoms with Crippen LogP contribution in [0.2, 0.25) is 0 Å². The van der Waals surface area contributed by atoms with E-state index >= 15 is 0 Å². The molecule has 0 aliphatic carbocycles. The van der Waals surface area contributed by atoms with Crippen LogP contribution in [0.5, 0.6) is 5.75 Å². The SMILES string of the molecule is COCCCN(C(=O)CCc1ccc(OC)cc1)C(C(=O)NCc1ccccc1)c1cccc(C(F)F)c1. The van der Waals surface area contributed by atoms with E-state index in [1.54, 1.807) is 20.3 Å². The number of nitrogens with zero attached hydrogens (tertiary/aromatic N) is 1. The van der Waals surface area contributed by atoms with Gasteiger partial charge in [0.1, 0.15) is 11.8 Å². The summed E-state index contributed by atoms with van der Waals surface area (Å²) in [4.78, 5) is 28.6. The van der Waals surface area contributed by atoms with Gasteiger partial charge in [-0.3, -0.25) is 9.59 Å². The summed E-state index contributed by atoms with van der Waals surface area (Å²) < 4.78 is 37.5. The number of carbonyl (C=O) groups is 2. The molecular formula is C30H34F2N2O4. The first-order chi connectivity index (χ1) is 18.4. The van der Waals surface area contributed by atoms with Crippen LogP contribution in [-0.2, 0) is 27.3 Å². The van der Waals surface area contributed by atoms with Crippen LogP contribution in [-0.4, -0.2) is 44.1 Å². The minimum atomic E-state index is -2.70. The quantitative estimate of drug-likeness (QED) is 0.283. The van der Waals surface area contributed by atoms with E-state index in [4.69, 9.17) is 9.47 Å². The minimum absolute atomic E-state index is 0.149. The number of alkyl halides is 2. The second-order valence-electron chi connectivity index (χ2n) is 8.86. The first kappa shape index (κ1) is 28.8. The number of aryl methyl sites for hydroxylation is 1. The Morgan fingerprint density at radius 1 is 0.895 bits per heavy atom. The molecule has 2 amide bonds. The number of halogens is 2. The second kappa shape index (κ2) is 14.8. The lowest BCUT2D eigenvalue weighted by atomic mass is 10.00. The summed E-state index contributed by atoms with van der Waals surface area (Å²) in [5, 5.41) is 2.89. The first-order valence-electron chi connectivity index (χ1n) is 12.5. The van der Waals surface area contributed by atoms with Crippen molar-refractivity contribution in [3.63, 3.8) is 0 Å². The highest BCUT2D eigenvalue weighted by molar-refractivity contribution is 5.89. The molecule has 3 aromatic rings. The van der Waals surface area contributed by atoms with Crippen molar-refractivity contribution < 1.29 is 27.8 Å². The van der Waals surface area contributed by atoms with Gasteiger partial charge in [-0.1, -0.05) is 60.7 Å². The Labute approximate surface area is 222 Å². The largest absolute Gasteiger partial charge is 0.497 e. The summed E-state index contributed by atoms with van der Waals surface area (Å²) in [5.41, 5.74) is 1.97. The predicted octanol–water partition coefficient (Wildman–Crippen LogP) is 5.49. The molecule has 1 unspecified atom stereocenters. The molecule has 0 bridgehead atoms. The summed E-state index contributed by atoms with van der Waals surface area (Å²) in [6.45, 7) is 0.867. The number of benzene rings is 3. The molecule has 0 saturated carbocycles. The maximum Gasteiger partial charge on any atom is 0.263 e. The lowest BCUT2D eigenvalue weighted by Gasteiger charge is -2.32. The minimum Gasteiger partial charge on any atom is -0.497 e. The van der Waals surface area contributed by atoms with Gasteiger partial charge in [0.2, 0.25) is 11.8 Å². The van der Waals surface area contributed by atoms with Gasteiger partial charge in [0.15, 0.2) is 0 Å². The van der Waals surface area contributed by atoms with E-state index in [9.17, 15) is 18.4 Å². The zero-order valence-electron chi connectivity index (χ0n) is 21.7. The maximum absolute atomic E-state index is 13.6. The van der Waals surface area contributed by atoms with E-state index in [0.717, 1.165) is 16.9 Å². The number of hydrogen-bond acceptors (Lipinski definition) is 4. The zero-order valence-corrected chi connectivity index (χ0v) is 21.7. The van der Waals surface area contributed by atoms with Gasteiger partial charge >= 0.3 is 0 Å². The molecule has 3 aromatic carbocycles. The number of rotatable bonds is 14. The molecular weight excluding hydrogens is 490 g/mol. The molecule has 202 valence electrons. The van der Waals surface area contributed by atoms with Crippen LogP contribution in [0.25, 0.3) is 0 Å². The van der Waals surface area contributed by atoms with Gasteiger partial charge < -0.3 is 19.7 Å². The summed E-state index contributed by atoms with van der Waals surface area (Å²) in [7, 11) is 3.15. The average molecular weight is 525 g/mol. The van der Waals surface area contributed by atoms with Gasteiger partial charge in [0.05, 0.1) is 7.11 Å². The van der Waals surface area contributed by atoms with E-state index in [0.29, 0.717) is 25.0 Å².